The van der Waals surface area contributed by atoms with Gasteiger partial charge in [-0.3, -0.25) is 0 Å². The number of carbonyl (C=O) groups excluding carboxylic acids is 1. The average Bonchev–Trinajstić information content (AvgIpc) is 2.50. The first-order chi connectivity index (χ1) is 10.4. The molecule has 0 amide bonds. The largest absolute Gasteiger partial charge is 0.303 e. The van der Waals surface area contributed by atoms with E-state index in [0.29, 0.717) is 6.42 Å². The van der Waals surface area contributed by atoms with Crippen LogP contribution in [0.25, 0.3) is 0 Å². The van der Waals surface area contributed by atoms with Crippen LogP contribution in [0.15, 0.2) is 48.6 Å². The molecule has 0 N–H and O–H groups in total. The second-order valence-electron chi connectivity index (χ2n) is 5.15. The van der Waals surface area contributed by atoms with Crippen molar-refractivity contribution in [1.29, 1.82) is 0 Å². The summed E-state index contributed by atoms with van der Waals surface area (Å²) >= 11 is 0. The third kappa shape index (κ3) is 18.6. The van der Waals surface area contributed by atoms with Crippen molar-refractivity contribution in [3.63, 3.8) is 0 Å². The fourth-order valence-electron chi connectivity index (χ4n) is 1.85. The Balaban J connectivity index is 3.31. The molecule has 0 fully saturated rings. The lowest BCUT2D eigenvalue weighted by Crippen LogP contribution is -1.71. The van der Waals surface area contributed by atoms with Gasteiger partial charge in [0.05, 0.1) is 0 Å². The molecule has 1 heteroatoms. The molecule has 0 saturated carbocycles. The molecule has 0 aliphatic heterocycles. The molecule has 0 saturated heterocycles. The average molecular weight is 288 g/mol. The smallest absolute Gasteiger partial charge is 0.120 e. The predicted octanol–water partition coefficient (Wildman–Crippen LogP) is 6.33. The normalized spacial score (nSPS) is 12.4. The molecular formula is C20H32O. The monoisotopic (exact) mass is 288 g/mol. The molecule has 0 rings (SSSR count). The summed E-state index contributed by atoms with van der Waals surface area (Å²) in [4.78, 5) is 10.1. The Hall–Kier alpha value is -1.37. The fraction of sp³-hybridized carbons (Fsp3) is 0.550. The molecule has 0 aliphatic carbocycles. The number of hydrogen-bond donors (Lipinski definition) is 0. The Morgan fingerprint density at radius 2 is 0.762 bits per heavy atom. The topological polar surface area (TPSA) is 17.1 Å². The van der Waals surface area contributed by atoms with Crippen LogP contribution in [0.3, 0.4) is 0 Å². The van der Waals surface area contributed by atoms with Crippen molar-refractivity contribution in [3.8, 4) is 0 Å². The number of allylic oxidation sites excluding steroid dienone is 8. The minimum Gasteiger partial charge on any atom is -0.303 e. The van der Waals surface area contributed by atoms with Gasteiger partial charge in [-0.15, -0.1) is 0 Å². The first-order valence-corrected chi connectivity index (χ1v) is 8.45. The molecular weight excluding hydrogens is 256 g/mol. The number of rotatable bonds is 14. The van der Waals surface area contributed by atoms with Crippen LogP contribution in [0.1, 0.15) is 71.1 Å². The zero-order valence-corrected chi connectivity index (χ0v) is 13.7. The summed E-state index contributed by atoms with van der Waals surface area (Å²) in [6.07, 6.45) is 29.7. The summed E-state index contributed by atoms with van der Waals surface area (Å²) in [5.74, 6) is 0. The number of carbonyl (C=O) groups is 1. The van der Waals surface area contributed by atoms with E-state index in [1.54, 1.807) is 0 Å². The number of aldehydes is 1. The Morgan fingerprint density at radius 3 is 1.05 bits per heavy atom. The fourth-order valence-corrected chi connectivity index (χ4v) is 1.85. The van der Waals surface area contributed by atoms with Gasteiger partial charge in [-0.1, -0.05) is 62.0 Å². The van der Waals surface area contributed by atoms with Crippen molar-refractivity contribution in [2.75, 3.05) is 0 Å². The molecule has 0 atom stereocenters. The van der Waals surface area contributed by atoms with Gasteiger partial charge in [-0.05, 0) is 51.4 Å². The molecule has 0 unspecified atom stereocenters. The molecule has 0 aromatic rings. The van der Waals surface area contributed by atoms with Crippen molar-refractivity contribution in [2.24, 2.45) is 0 Å². The molecule has 0 radical (unpaired) electrons. The van der Waals surface area contributed by atoms with Crippen LogP contribution in [0.5, 0.6) is 0 Å². The summed E-state index contributed by atoms with van der Waals surface area (Å²) in [7, 11) is 0. The van der Waals surface area contributed by atoms with Gasteiger partial charge in [0.2, 0.25) is 0 Å². The highest BCUT2D eigenvalue weighted by molar-refractivity contribution is 5.49. The highest BCUT2D eigenvalue weighted by Crippen LogP contribution is 2.01. The molecule has 0 heterocycles. The van der Waals surface area contributed by atoms with Gasteiger partial charge in [0.25, 0.3) is 0 Å². The highest BCUT2D eigenvalue weighted by atomic mass is 16.1. The zero-order valence-electron chi connectivity index (χ0n) is 13.7. The molecule has 21 heavy (non-hydrogen) atoms. The molecule has 0 aromatic heterocycles. The van der Waals surface area contributed by atoms with Crippen molar-refractivity contribution in [3.05, 3.63) is 48.6 Å². The first-order valence-electron chi connectivity index (χ1n) is 8.45. The van der Waals surface area contributed by atoms with E-state index in [9.17, 15) is 4.79 Å². The van der Waals surface area contributed by atoms with Crippen molar-refractivity contribution in [2.45, 2.75) is 71.1 Å². The third-order valence-electron chi connectivity index (χ3n) is 3.07. The molecule has 1 nitrogen and oxygen atoms in total. The van der Waals surface area contributed by atoms with Crippen LogP contribution in [0.2, 0.25) is 0 Å². The van der Waals surface area contributed by atoms with E-state index in [1.807, 2.05) is 0 Å². The van der Waals surface area contributed by atoms with E-state index in [-0.39, 0.29) is 0 Å². The van der Waals surface area contributed by atoms with Crippen molar-refractivity contribution >= 4 is 6.29 Å². The standard InChI is InChI=1S/C20H32O/c1-2-3-4-5-6-7-8-9-10-11-12-13-14-15-16-17-18-19-20-21/h4-5,8-9,12-13,16-17,20H,2-3,6-7,10-11,14-15,18-19H2,1H3. The minimum absolute atomic E-state index is 0.646. The van der Waals surface area contributed by atoms with Gasteiger partial charge in [0.15, 0.2) is 0 Å². The van der Waals surface area contributed by atoms with Gasteiger partial charge < -0.3 is 4.79 Å². The van der Waals surface area contributed by atoms with Gasteiger partial charge in [0.1, 0.15) is 6.29 Å². The quantitative estimate of drug-likeness (QED) is 0.207. The zero-order chi connectivity index (χ0) is 15.4. The summed E-state index contributed by atoms with van der Waals surface area (Å²) in [6, 6.07) is 0. The molecule has 0 aliphatic rings. The van der Waals surface area contributed by atoms with E-state index >= 15 is 0 Å². The van der Waals surface area contributed by atoms with Crippen LogP contribution in [-0.4, -0.2) is 6.29 Å². The van der Waals surface area contributed by atoms with E-state index in [4.69, 9.17) is 0 Å². The molecule has 0 spiro atoms. The molecule has 0 bridgehead atoms. The molecule has 0 aromatic carbocycles. The number of unbranched alkanes of at least 4 members (excludes halogenated alkanes) is 5. The Morgan fingerprint density at radius 1 is 0.476 bits per heavy atom. The Labute approximate surface area is 131 Å². The maximum absolute atomic E-state index is 10.1. The van der Waals surface area contributed by atoms with Crippen LogP contribution >= 0.6 is 0 Å². The maximum atomic E-state index is 10.1. The Bertz CT molecular complexity index is 321. The second-order valence-corrected chi connectivity index (χ2v) is 5.15. The third-order valence-corrected chi connectivity index (χ3v) is 3.07. The van der Waals surface area contributed by atoms with Crippen LogP contribution in [0, 0.1) is 0 Å². The van der Waals surface area contributed by atoms with Crippen LogP contribution < -0.4 is 0 Å². The lowest BCUT2D eigenvalue weighted by atomic mass is 10.2. The minimum atomic E-state index is 0.646. The Kier molecular flexibility index (Phi) is 17.4. The summed E-state index contributed by atoms with van der Waals surface area (Å²) in [5.41, 5.74) is 0. The van der Waals surface area contributed by atoms with Gasteiger partial charge >= 0.3 is 0 Å². The summed E-state index contributed by atoms with van der Waals surface area (Å²) in [6.45, 7) is 2.21. The van der Waals surface area contributed by atoms with Crippen molar-refractivity contribution in [1.82, 2.24) is 0 Å². The summed E-state index contributed by atoms with van der Waals surface area (Å²) in [5, 5.41) is 0. The highest BCUT2D eigenvalue weighted by Gasteiger charge is 1.81. The molecule has 118 valence electrons. The maximum Gasteiger partial charge on any atom is 0.120 e. The van der Waals surface area contributed by atoms with Gasteiger partial charge in [-0.2, -0.15) is 0 Å². The number of hydrogen-bond acceptors (Lipinski definition) is 1. The second kappa shape index (κ2) is 18.6. The van der Waals surface area contributed by atoms with E-state index in [1.165, 1.54) is 19.3 Å². The van der Waals surface area contributed by atoms with E-state index in [0.717, 1.165) is 44.8 Å². The van der Waals surface area contributed by atoms with Crippen molar-refractivity contribution < 1.29 is 4.79 Å². The predicted molar refractivity (Wildman–Crippen MR) is 94.5 cm³/mol. The summed E-state index contributed by atoms with van der Waals surface area (Å²) < 4.78 is 0. The van der Waals surface area contributed by atoms with Gasteiger partial charge in [0, 0.05) is 6.42 Å². The van der Waals surface area contributed by atoms with E-state index < -0.39 is 0 Å². The lowest BCUT2D eigenvalue weighted by molar-refractivity contribution is -0.107. The lowest BCUT2D eigenvalue weighted by Gasteiger charge is -1.90. The SMILES string of the molecule is CCCC=CCCC=CCCC=CCCC=CCCC=O. The van der Waals surface area contributed by atoms with Crippen LogP contribution in [0.4, 0.5) is 0 Å². The van der Waals surface area contributed by atoms with Gasteiger partial charge in [-0.25, -0.2) is 0 Å². The first kappa shape index (κ1) is 19.6. The van der Waals surface area contributed by atoms with E-state index in [2.05, 4.69) is 55.5 Å². The van der Waals surface area contributed by atoms with Crippen LogP contribution in [-0.2, 0) is 4.79 Å².